The lowest BCUT2D eigenvalue weighted by atomic mass is 10.0. The lowest BCUT2D eigenvalue weighted by Gasteiger charge is -2.25. The molecule has 2 aromatic heterocycles. The number of halogens is 3. The van der Waals surface area contributed by atoms with Crippen LogP contribution in [0.4, 0.5) is 19.4 Å². The van der Waals surface area contributed by atoms with Crippen molar-refractivity contribution < 1.29 is 18.3 Å². The molecule has 0 N–H and O–H groups in total. The van der Waals surface area contributed by atoms with Gasteiger partial charge in [-0.25, -0.2) is 28.5 Å². The maximum absolute atomic E-state index is 13.2. The van der Waals surface area contributed by atoms with Gasteiger partial charge in [0.05, 0.1) is 18.1 Å². The third kappa shape index (κ3) is 4.57. The molecule has 3 heterocycles. The zero-order valence-electron chi connectivity index (χ0n) is 17.5. The Balaban J connectivity index is 1.50. The molecule has 10 heteroatoms. The van der Waals surface area contributed by atoms with Crippen LogP contribution in [0.25, 0.3) is 5.69 Å². The number of carbonyl (C=O) groups is 1. The zero-order chi connectivity index (χ0) is 22.8. The summed E-state index contributed by atoms with van der Waals surface area (Å²) in [7, 11) is 0. The number of hydrogen-bond acceptors (Lipinski definition) is 5. The molecule has 1 saturated heterocycles. The van der Waals surface area contributed by atoms with E-state index in [1.165, 1.54) is 24.1 Å². The molecule has 32 heavy (non-hydrogen) atoms. The van der Waals surface area contributed by atoms with Crippen LogP contribution in [0.3, 0.4) is 0 Å². The number of anilines is 1. The topological polar surface area (TPSA) is 73.1 Å². The summed E-state index contributed by atoms with van der Waals surface area (Å²) < 4.78 is 33.4. The zero-order valence-corrected chi connectivity index (χ0v) is 18.3. The maximum atomic E-state index is 13.2. The van der Waals surface area contributed by atoms with E-state index < -0.39 is 24.5 Å². The summed E-state index contributed by atoms with van der Waals surface area (Å²) in [6.45, 7) is 3.30. The van der Waals surface area contributed by atoms with Gasteiger partial charge in [0.25, 0.3) is 0 Å². The molecule has 0 aliphatic carbocycles. The molecule has 0 spiro atoms. The minimum absolute atomic E-state index is 0.0138. The average molecular weight is 462 g/mol. The van der Waals surface area contributed by atoms with E-state index in [9.17, 15) is 13.6 Å². The van der Waals surface area contributed by atoms with Gasteiger partial charge in [-0.05, 0) is 30.3 Å². The second-order valence-corrected chi connectivity index (χ2v) is 8.26. The van der Waals surface area contributed by atoms with Crippen LogP contribution in [-0.2, 0) is 11.2 Å². The number of alkyl halides is 2. The molecule has 0 saturated carbocycles. The van der Waals surface area contributed by atoms with E-state index in [2.05, 4.69) is 15.0 Å². The van der Waals surface area contributed by atoms with Crippen molar-refractivity contribution in [2.45, 2.75) is 38.7 Å². The van der Waals surface area contributed by atoms with Gasteiger partial charge in [0, 0.05) is 41.4 Å². The lowest BCUT2D eigenvalue weighted by Crippen LogP contribution is -2.41. The van der Waals surface area contributed by atoms with Crippen LogP contribution >= 0.6 is 11.6 Å². The quantitative estimate of drug-likeness (QED) is 0.501. The molecule has 3 atom stereocenters. The Morgan fingerprint density at radius 1 is 1.19 bits per heavy atom. The highest BCUT2D eigenvalue weighted by Gasteiger charge is 2.41. The molecule has 0 unspecified atom stereocenters. The molecular weight excluding hydrogens is 440 g/mol. The van der Waals surface area contributed by atoms with Crippen LogP contribution in [0.2, 0.25) is 5.02 Å². The number of amides is 1. The van der Waals surface area contributed by atoms with Crippen molar-refractivity contribution in [2.24, 2.45) is 5.92 Å². The highest BCUT2D eigenvalue weighted by molar-refractivity contribution is 6.30. The highest BCUT2D eigenvalue weighted by Crippen LogP contribution is 2.29. The van der Waals surface area contributed by atoms with E-state index in [4.69, 9.17) is 16.3 Å². The number of carbonyl (C=O) groups excluding carboxylic acids is 1. The molecular formula is C22H22ClF2N5O2. The fourth-order valence-corrected chi connectivity index (χ4v) is 3.73. The van der Waals surface area contributed by atoms with Gasteiger partial charge in [-0.1, -0.05) is 25.4 Å². The Morgan fingerprint density at radius 3 is 2.66 bits per heavy atom. The fourth-order valence-electron chi connectivity index (χ4n) is 3.60. The Labute approximate surface area is 189 Å². The van der Waals surface area contributed by atoms with Gasteiger partial charge < -0.3 is 9.30 Å². The van der Waals surface area contributed by atoms with Crippen LogP contribution < -0.4 is 4.90 Å². The van der Waals surface area contributed by atoms with E-state index in [-0.39, 0.29) is 18.3 Å². The number of rotatable bonds is 7. The normalized spacial score (nSPS) is 18.1. The number of nitrogens with zero attached hydrogens (tertiary/aromatic N) is 5. The second kappa shape index (κ2) is 9.20. The van der Waals surface area contributed by atoms with Crippen molar-refractivity contribution in [2.75, 3.05) is 11.5 Å². The number of hydrogen-bond donors (Lipinski definition) is 0. The van der Waals surface area contributed by atoms with E-state index in [0.29, 0.717) is 17.3 Å². The van der Waals surface area contributed by atoms with Gasteiger partial charge in [-0.2, -0.15) is 0 Å². The average Bonchev–Trinajstić information content (AvgIpc) is 3.41. The van der Waals surface area contributed by atoms with Crippen molar-refractivity contribution in [1.29, 1.82) is 0 Å². The van der Waals surface area contributed by atoms with Crippen LogP contribution in [0.5, 0.6) is 0 Å². The summed E-state index contributed by atoms with van der Waals surface area (Å²) in [5.41, 5.74) is 1.78. The van der Waals surface area contributed by atoms with E-state index in [1.54, 1.807) is 6.33 Å². The first-order valence-electron chi connectivity index (χ1n) is 10.2. The SMILES string of the molecule is C[C@H](Cc1nccc(N2C(=O)OC[C@@H]2[C@@H](C)C(F)F)n1)c1cn(-c2ccc(Cl)cc2)cn1. The van der Waals surface area contributed by atoms with E-state index >= 15 is 0 Å². The smallest absolute Gasteiger partial charge is 0.415 e. The maximum Gasteiger partial charge on any atom is 0.415 e. The summed E-state index contributed by atoms with van der Waals surface area (Å²) in [5.74, 6) is -0.316. The molecule has 1 aliphatic rings. The third-order valence-electron chi connectivity index (χ3n) is 5.57. The first-order chi connectivity index (χ1) is 15.3. The predicted molar refractivity (Wildman–Crippen MR) is 116 cm³/mol. The van der Waals surface area contributed by atoms with Gasteiger partial charge in [0.1, 0.15) is 18.2 Å². The molecule has 0 bridgehead atoms. The number of ether oxygens (including phenoxy) is 1. The fraction of sp³-hybridized carbons (Fsp3) is 0.364. The third-order valence-corrected chi connectivity index (χ3v) is 5.82. The van der Waals surface area contributed by atoms with Gasteiger partial charge in [-0.3, -0.25) is 4.90 Å². The monoisotopic (exact) mass is 461 g/mol. The first kappa shape index (κ1) is 22.1. The highest BCUT2D eigenvalue weighted by atomic mass is 35.5. The van der Waals surface area contributed by atoms with Crippen LogP contribution in [0.1, 0.15) is 31.3 Å². The Hall–Kier alpha value is -3.07. The molecule has 0 radical (unpaired) electrons. The van der Waals surface area contributed by atoms with Crippen molar-refractivity contribution in [3.8, 4) is 5.69 Å². The van der Waals surface area contributed by atoms with Crippen molar-refractivity contribution in [1.82, 2.24) is 19.5 Å². The van der Waals surface area contributed by atoms with Gasteiger partial charge >= 0.3 is 6.09 Å². The molecule has 1 aliphatic heterocycles. The molecule has 4 rings (SSSR count). The van der Waals surface area contributed by atoms with Gasteiger partial charge in [0.15, 0.2) is 0 Å². The minimum Gasteiger partial charge on any atom is -0.447 e. The van der Waals surface area contributed by atoms with Crippen molar-refractivity contribution in [3.05, 3.63) is 65.6 Å². The molecule has 3 aromatic rings. The summed E-state index contributed by atoms with van der Waals surface area (Å²) >= 11 is 5.95. The van der Waals surface area contributed by atoms with Crippen molar-refractivity contribution >= 4 is 23.5 Å². The lowest BCUT2D eigenvalue weighted by molar-refractivity contribution is 0.0685. The van der Waals surface area contributed by atoms with E-state index in [1.807, 2.05) is 42.0 Å². The van der Waals surface area contributed by atoms with Crippen LogP contribution in [0.15, 0.2) is 49.1 Å². The Kier molecular flexibility index (Phi) is 6.36. The summed E-state index contributed by atoms with van der Waals surface area (Å²) in [5, 5.41) is 0.659. The molecule has 1 aromatic carbocycles. The number of imidazole rings is 1. The van der Waals surface area contributed by atoms with Gasteiger partial charge in [0.2, 0.25) is 6.43 Å². The molecule has 168 valence electrons. The summed E-state index contributed by atoms with van der Waals surface area (Å²) in [6, 6.07) is 8.17. The Morgan fingerprint density at radius 2 is 1.94 bits per heavy atom. The number of aromatic nitrogens is 4. The predicted octanol–water partition coefficient (Wildman–Crippen LogP) is 4.89. The second-order valence-electron chi connectivity index (χ2n) is 7.83. The van der Waals surface area contributed by atoms with Crippen LogP contribution in [0, 0.1) is 5.92 Å². The van der Waals surface area contributed by atoms with Crippen molar-refractivity contribution in [3.63, 3.8) is 0 Å². The number of benzene rings is 1. The standard InChI is InChI=1S/C22H22ClF2N5O2/c1-13(17-10-29(12-27-17)16-5-3-15(23)4-6-16)9-19-26-8-7-20(28-19)30-18(11-32-22(30)31)14(2)21(24)25/h3-8,10,12-14,18,21H,9,11H2,1-2H3/t13-,14-,18-/m1/s1. The number of cyclic esters (lactones) is 1. The molecule has 1 amide bonds. The van der Waals surface area contributed by atoms with Crippen LogP contribution in [-0.4, -0.2) is 44.7 Å². The Bertz CT molecular complexity index is 1090. The van der Waals surface area contributed by atoms with Gasteiger partial charge in [-0.15, -0.1) is 0 Å². The molecule has 7 nitrogen and oxygen atoms in total. The summed E-state index contributed by atoms with van der Waals surface area (Å²) in [6.07, 6.45) is 2.38. The minimum atomic E-state index is -2.57. The first-order valence-corrected chi connectivity index (χ1v) is 10.6. The molecule has 1 fully saturated rings. The summed E-state index contributed by atoms with van der Waals surface area (Å²) in [4.78, 5) is 26.6. The largest absolute Gasteiger partial charge is 0.447 e. The van der Waals surface area contributed by atoms with E-state index in [0.717, 1.165) is 11.4 Å².